The van der Waals surface area contributed by atoms with Crippen molar-refractivity contribution in [2.24, 2.45) is 0 Å². The summed E-state index contributed by atoms with van der Waals surface area (Å²) in [6.07, 6.45) is -8.04. The molecule has 4 fully saturated rings. The molecule has 0 aromatic heterocycles. The Bertz CT molecular complexity index is 404. The van der Waals surface area contributed by atoms with Gasteiger partial charge in [0.15, 0.2) is 12.6 Å². The van der Waals surface area contributed by atoms with Crippen LogP contribution in [0, 0.1) is 0 Å². The minimum Gasteiger partial charge on any atom is -0.394 e. The first-order valence-electron chi connectivity index (χ1n) is 6.98. The molecule has 0 spiro atoms. The number of fused-ring (bicyclic) bond motifs is 4. The van der Waals surface area contributed by atoms with E-state index < -0.39 is 43.4 Å². The Hall–Kier alpha value is -0.360. The third kappa shape index (κ3) is 2.21. The van der Waals surface area contributed by atoms with Crippen molar-refractivity contribution in [1.82, 2.24) is 0 Å². The van der Waals surface area contributed by atoms with Gasteiger partial charge in [0.05, 0.1) is 13.2 Å². The van der Waals surface area contributed by atoms with Crippen molar-refractivity contribution in [3.8, 4) is 0 Å². The molecular formula is C12H18O9. The number of aliphatic hydroxyl groups excluding tert-OH is 4. The fourth-order valence-electron chi connectivity index (χ4n) is 3.12. The number of hydrogen-bond donors (Lipinski definition) is 4. The first-order valence-corrected chi connectivity index (χ1v) is 6.98. The standard InChI is InChI=1S/C12H18O9/c13-1-3-5(14)6(15)7(16)11(18-3)21-8-4-2-17-12(19-4)10-9(8)20-10/h3-16H,1-2H2/t3?,4?,5-,6+,7?,8-,9-,10?,11+,12-/m1/s1. The molecule has 4 rings (SSSR count). The zero-order valence-corrected chi connectivity index (χ0v) is 11.0. The third-order valence-electron chi connectivity index (χ3n) is 4.39. The third-order valence-corrected chi connectivity index (χ3v) is 4.39. The van der Waals surface area contributed by atoms with E-state index in [4.69, 9.17) is 28.8 Å². The Labute approximate surface area is 119 Å². The lowest BCUT2D eigenvalue weighted by Gasteiger charge is -2.41. The summed E-state index contributed by atoms with van der Waals surface area (Å²) in [4.78, 5) is 0. The van der Waals surface area contributed by atoms with E-state index in [0.29, 0.717) is 6.61 Å². The first-order chi connectivity index (χ1) is 10.1. The van der Waals surface area contributed by atoms with Crippen LogP contribution in [0.1, 0.15) is 0 Å². The topological polar surface area (TPSA) is 130 Å². The maximum atomic E-state index is 9.97. The second kappa shape index (κ2) is 5.08. The van der Waals surface area contributed by atoms with Crippen molar-refractivity contribution in [3.63, 3.8) is 0 Å². The Kier molecular flexibility index (Phi) is 3.45. The fraction of sp³-hybridized carbons (Fsp3) is 1.00. The summed E-state index contributed by atoms with van der Waals surface area (Å²) in [5.74, 6) is 0. The lowest BCUT2D eigenvalue weighted by molar-refractivity contribution is -0.319. The van der Waals surface area contributed by atoms with Crippen molar-refractivity contribution in [1.29, 1.82) is 0 Å². The second-order valence-electron chi connectivity index (χ2n) is 5.74. The average Bonchev–Trinajstić information content (AvgIpc) is 3.17. The highest BCUT2D eigenvalue weighted by molar-refractivity contribution is 5.05. The minimum absolute atomic E-state index is 0.182. The van der Waals surface area contributed by atoms with E-state index in [1.165, 1.54) is 0 Å². The van der Waals surface area contributed by atoms with E-state index in [1.54, 1.807) is 0 Å². The van der Waals surface area contributed by atoms with E-state index in [-0.39, 0.29) is 24.6 Å². The van der Waals surface area contributed by atoms with Gasteiger partial charge in [-0.25, -0.2) is 0 Å². The van der Waals surface area contributed by atoms with Crippen molar-refractivity contribution in [2.45, 2.75) is 61.4 Å². The predicted octanol–water partition coefficient (Wildman–Crippen LogP) is -3.31. The van der Waals surface area contributed by atoms with Crippen LogP contribution in [0.5, 0.6) is 0 Å². The highest BCUT2D eigenvalue weighted by Gasteiger charge is 2.63. The maximum Gasteiger partial charge on any atom is 0.187 e. The van der Waals surface area contributed by atoms with Gasteiger partial charge in [0.1, 0.15) is 48.8 Å². The van der Waals surface area contributed by atoms with E-state index in [2.05, 4.69) is 0 Å². The summed E-state index contributed by atoms with van der Waals surface area (Å²) in [5.41, 5.74) is 0. The van der Waals surface area contributed by atoms with Gasteiger partial charge in [-0.15, -0.1) is 0 Å². The van der Waals surface area contributed by atoms with Gasteiger partial charge in [-0.2, -0.15) is 0 Å². The van der Waals surface area contributed by atoms with Crippen LogP contribution in [0.3, 0.4) is 0 Å². The number of ether oxygens (including phenoxy) is 5. The number of epoxide rings is 1. The van der Waals surface area contributed by atoms with Crippen LogP contribution in [0.4, 0.5) is 0 Å². The summed E-state index contributed by atoms with van der Waals surface area (Å²) in [5, 5.41) is 38.6. The highest BCUT2D eigenvalue weighted by Crippen LogP contribution is 2.43. The van der Waals surface area contributed by atoms with Gasteiger partial charge in [0.2, 0.25) is 0 Å². The molecule has 4 N–H and O–H groups in total. The largest absolute Gasteiger partial charge is 0.394 e. The van der Waals surface area contributed by atoms with E-state index in [0.717, 1.165) is 0 Å². The first kappa shape index (κ1) is 14.2. The van der Waals surface area contributed by atoms with Crippen molar-refractivity contribution in [2.75, 3.05) is 13.2 Å². The quantitative estimate of drug-likeness (QED) is 0.396. The maximum absolute atomic E-state index is 9.97. The van der Waals surface area contributed by atoms with Gasteiger partial charge in [-0.3, -0.25) is 0 Å². The molecule has 4 saturated heterocycles. The molecule has 4 aliphatic rings. The Morgan fingerprint density at radius 3 is 2.52 bits per heavy atom. The Balaban J connectivity index is 1.46. The van der Waals surface area contributed by atoms with Gasteiger partial charge in [-0.1, -0.05) is 0 Å². The molecule has 4 unspecified atom stereocenters. The molecule has 21 heavy (non-hydrogen) atoms. The molecule has 120 valence electrons. The minimum atomic E-state index is -1.46. The monoisotopic (exact) mass is 306 g/mol. The highest BCUT2D eigenvalue weighted by atomic mass is 16.8. The van der Waals surface area contributed by atoms with E-state index in [9.17, 15) is 15.3 Å². The average molecular weight is 306 g/mol. The molecule has 9 nitrogen and oxygen atoms in total. The predicted molar refractivity (Wildman–Crippen MR) is 61.9 cm³/mol. The van der Waals surface area contributed by atoms with Crippen LogP contribution >= 0.6 is 0 Å². The van der Waals surface area contributed by atoms with Crippen molar-refractivity contribution >= 4 is 0 Å². The lowest BCUT2D eigenvalue weighted by atomic mass is 9.99. The summed E-state index contributed by atoms with van der Waals surface area (Å²) in [6.45, 7) is -0.133. The zero-order chi connectivity index (χ0) is 14.7. The van der Waals surface area contributed by atoms with Crippen LogP contribution in [-0.2, 0) is 23.7 Å². The number of hydrogen-bond acceptors (Lipinski definition) is 9. The molecule has 4 aliphatic heterocycles. The van der Waals surface area contributed by atoms with Crippen LogP contribution < -0.4 is 0 Å². The zero-order valence-electron chi connectivity index (χ0n) is 11.0. The van der Waals surface area contributed by atoms with E-state index in [1.807, 2.05) is 0 Å². The Morgan fingerprint density at radius 2 is 1.76 bits per heavy atom. The number of aliphatic hydroxyl groups is 4. The van der Waals surface area contributed by atoms with Gasteiger partial charge in [0.25, 0.3) is 0 Å². The molecule has 0 amide bonds. The molecule has 0 aliphatic carbocycles. The van der Waals surface area contributed by atoms with Gasteiger partial charge in [0, 0.05) is 0 Å². The smallest absolute Gasteiger partial charge is 0.187 e. The normalized spacial score (nSPS) is 58.9. The molecule has 0 aromatic carbocycles. The van der Waals surface area contributed by atoms with Gasteiger partial charge >= 0.3 is 0 Å². The van der Waals surface area contributed by atoms with Crippen LogP contribution in [0.2, 0.25) is 0 Å². The lowest BCUT2D eigenvalue weighted by Crippen LogP contribution is -2.60. The SMILES string of the molecule is OCC1O[C@@H](O[C@@H]2C3CO[C@H](O3)C3O[C@@H]32)C(O)[C@@H](O)[C@@H]1O. The van der Waals surface area contributed by atoms with Gasteiger partial charge in [-0.05, 0) is 0 Å². The van der Waals surface area contributed by atoms with Crippen molar-refractivity contribution in [3.05, 3.63) is 0 Å². The van der Waals surface area contributed by atoms with Crippen LogP contribution in [-0.4, -0.2) is 95.1 Å². The number of rotatable bonds is 3. The van der Waals surface area contributed by atoms with Crippen LogP contribution in [0.25, 0.3) is 0 Å². The van der Waals surface area contributed by atoms with Gasteiger partial charge < -0.3 is 44.1 Å². The molecule has 0 aromatic rings. The molecule has 4 heterocycles. The molecule has 0 radical (unpaired) electrons. The molecule has 0 saturated carbocycles. The van der Waals surface area contributed by atoms with Crippen LogP contribution in [0.15, 0.2) is 0 Å². The fourth-order valence-corrected chi connectivity index (χ4v) is 3.12. The summed E-state index contributed by atoms with van der Waals surface area (Å²) >= 11 is 0. The van der Waals surface area contributed by atoms with Crippen molar-refractivity contribution < 1.29 is 44.1 Å². The molecule has 2 bridgehead atoms. The molecule has 9 heteroatoms. The Morgan fingerprint density at radius 1 is 0.952 bits per heavy atom. The molecular weight excluding hydrogens is 288 g/mol. The summed E-state index contributed by atoms with van der Waals surface area (Å²) in [7, 11) is 0. The summed E-state index contributed by atoms with van der Waals surface area (Å²) < 4.78 is 27.4. The summed E-state index contributed by atoms with van der Waals surface area (Å²) in [6, 6.07) is 0. The second-order valence-corrected chi connectivity index (χ2v) is 5.74. The molecule has 10 atom stereocenters. The van der Waals surface area contributed by atoms with E-state index >= 15 is 0 Å².